The summed E-state index contributed by atoms with van der Waals surface area (Å²) >= 11 is 11.3. The van der Waals surface area contributed by atoms with Crippen LogP contribution in [0.2, 0.25) is 5.02 Å². The highest BCUT2D eigenvalue weighted by Gasteiger charge is 2.07. The number of nitrogens with zero attached hydrogens (tertiary/aromatic N) is 1. The number of aryl methyl sites for hydroxylation is 1. The molecule has 0 saturated heterocycles. The summed E-state index contributed by atoms with van der Waals surface area (Å²) in [6, 6.07) is 9.60. The highest BCUT2D eigenvalue weighted by Crippen LogP contribution is 2.20. The lowest BCUT2D eigenvalue weighted by Crippen LogP contribution is -1.98. The molecule has 0 aliphatic heterocycles. The molecular formula is C13H11ClN2OS. The summed E-state index contributed by atoms with van der Waals surface area (Å²) < 4.78 is 8.24. The predicted octanol–water partition coefficient (Wildman–Crippen LogP) is 4.30. The smallest absolute Gasteiger partial charge is 0.178 e. The molecule has 5 heteroatoms. The van der Waals surface area contributed by atoms with Crippen LogP contribution in [-0.4, -0.2) is 9.55 Å². The summed E-state index contributed by atoms with van der Waals surface area (Å²) in [6.07, 6.45) is 0. The van der Waals surface area contributed by atoms with E-state index in [1.54, 1.807) is 0 Å². The average molecular weight is 279 g/mol. The van der Waals surface area contributed by atoms with Crippen molar-refractivity contribution < 1.29 is 4.42 Å². The Kier molecular flexibility index (Phi) is 2.76. The van der Waals surface area contributed by atoms with Crippen molar-refractivity contribution in [3.05, 3.63) is 51.6 Å². The third-order valence-electron chi connectivity index (χ3n) is 2.85. The molecule has 0 spiro atoms. The number of H-pyrrole nitrogens is 1. The van der Waals surface area contributed by atoms with Gasteiger partial charge in [0.05, 0.1) is 17.6 Å². The number of hydrogen-bond acceptors (Lipinski definition) is 2. The van der Waals surface area contributed by atoms with E-state index in [9.17, 15) is 0 Å². The summed E-state index contributed by atoms with van der Waals surface area (Å²) in [4.78, 5) is 3.15. The Bertz CT molecular complexity index is 769. The largest absolute Gasteiger partial charge is 0.464 e. The van der Waals surface area contributed by atoms with Gasteiger partial charge in [-0.2, -0.15) is 0 Å². The molecule has 2 aromatic heterocycles. The molecule has 0 saturated carbocycles. The van der Waals surface area contributed by atoms with Crippen LogP contribution in [0.15, 0.2) is 34.7 Å². The number of aromatic nitrogens is 2. The summed E-state index contributed by atoms with van der Waals surface area (Å²) in [6.45, 7) is 2.55. The van der Waals surface area contributed by atoms with Crippen LogP contribution in [0.25, 0.3) is 11.0 Å². The number of aromatic amines is 1. The topological polar surface area (TPSA) is 33.9 Å². The van der Waals surface area contributed by atoms with E-state index in [1.807, 2.05) is 41.8 Å². The summed E-state index contributed by atoms with van der Waals surface area (Å²) in [7, 11) is 0. The zero-order valence-electron chi connectivity index (χ0n) is 9.74. The number of imidazole rings is 1. The molecule has 3 rings (SSSR count). The van der Waals surface area contributed by atoms with Crippen molar-refractivity contribution in [1.82, 2.24) is 9.55 Å². The SMILES string of the molecule is Cc1ccc(Cn2c(=S)[nH]c3cc(Cl)ccc32)o1. The number of hydrogen-bond donors (Lipinski definition) is 1. The number of fused-ring (bicyclic) bond motifs is 1. The first-order valence-corrected chi connectivity index (χ1v) is 6.35. The number of halogens is 1. The fourth-order valence-electron chi connectivity index (χ4n) is 2.02. The van der Waals surface area contributed by atoms with E-state index in [-0.39, 0.29) is 0 Å². The molecule has 0 aliphatic rings. The maximum absolute atomic E-state index is 5.96. The van der Waals surface area contributed by atoms with Gasteiger partial charge in [0.2, 0.25) is 0 Å². The Morgan fingerprint density at radius 2 is 2.17 bits per heavy atom. The van der Waals surface area contributed by atoms with Crippen LogP contribution < -0.4 is 0 Å². The van der Waals surface area contributed by atoms with Crippen LogP contribution in [0.3, 0.4) is 0 Å². The van der Waals surface area contributed by atoms with Crippen LogP contribution >= 0.6 is 23.8 Å². The molecule has 3 nitrogen and oxygen atoms in total. The van der Waals surface area contributed by atoms with Crippen molar-refractivity contribution in [2.75, 3.05) is 0 Å². The highest BCUT2D eigenvalue weighted by molar-refractivity contribution is 7.71. The Morgan fingerprint density at radius 3 is 2.89 bits per heavy atom. The molecule has 0 amide bonds. The Morgan fingerprint density at radius 1 is 1.33 bits per heavy atom. The van der Waals surface area contributed by atoms with E-state index in [0.717, 1.165) is 22.6 Å². The van der Waals surface area contributed by atoms with Gasteiger partial charge in [-0.15, -0.1) is 0 Å². The highest BCUT2D eigenvalue weighted by atomic mass is 35.5. The lowest BCUT2D eigenvalue weighted by Gasteiger charge is -2.01. The molecule has 0 fully saturated rings. The Balaban J connectivity index is 2.11. The molecule has 0 atom stereocenters. The number of rotatable bonds is 2. The minimum atomic E-state index is 0.619. The van der Waals surface area contributed by atoms with Gasteiger partial charge in [-0.1, -0.05) is 11.6 Å². The standard InChI is InChI=1S/C13H11ClN2OS/c1-8-2-4-10(17-8)7-16-12-5-3-9(14)6-11(12)15-13(16)18/h2-6H,7H2,1H3,(H,15,18). The van der Waals surface area contributed by atoms with E-state index < -0.39 is 0 Å². The van der Waals surface area contributed by atoms with E-state index in [4.69, 9.17) is 28.2 Å². The van der Waals surface area contributed by atoms with Crippen LogP contribution in [0.5, 0.6) is 0 Å². The summed E-state index contributed by atoms with van der Waals surface area (Å²) in [5.41, 5.74) is 1.97. The fourth-order valence-corrected chi connectivity index (χ4v) is 2.46. The second kappa shape index (κ2) is 4.30. The molecular weight excluding hydrogens is 268 g/mol. The molecule has 0 unspecified atom stereocenters. The number of furan rings is 1. The summed E-state index contributed by atoms with van der Waals surface area (Å²) in [5.74, 6) is 1.79. The van der Waals surface area contributed by atoms with E-state index in [1.165, 1.54) is 0 Å². The number of nitrogens with one attached hydrogen (secondary N) is 1. The molecule has 18 heavy (non-hydrogen) atoms. The predicted molar refractivity (Wildman–Crippen MR) is 74.7 cm³/mol. The zero-order valence-corrected chi connectivity index (χ0v) is 11.3. The molecule has 92 valence electrons. The van der Waals surface area contributed by atoms with E-state index in [0.29, 0.717) is 16.3 Å². The summed E-state index contributed by atoms with van der Waals surface area (Å²) in [5, 5.41) is 0.694. The van der Waals surface area contributed by atoms with Gasteiger partial charge in [0.25, 0.3) is 0 Å². The first-order valence-electron chi connectivity index (χ1n) is 5.57. The van der Waals surface area contributed by atoms with Crippen LogP contribution in [0, 0.1) is 11.7 Å². The number of benzene rings is 1. The van der Waals surface area contributed by atoms with Crippen molar-refractivity contribution in [1.29, 1.82) is 0 Å². The molecule has 2 heterocycles. The lowest BCUT2D eigenvalue weighted by atomic mass is 10.3. The third-order valence-corrected chi connectivity index (χ3v) is 3.40. The minimum Gasteiger partial charge on any atom is -0.464 e. The van der Waals surface area contributed by atoms with Crippen molar-refractivity contribution in [2.24, 2.45) is 0 Å². The van der Waals surface area contributed by atoms with Gasteiger partial charge in [0.1, 0.15) is 11.5 Å². The van der Waals surface area contributed by atoms with Gasteiger partial charge in [0.15, 0.2) is 4.77 Å². The third kappa shape index (κ3) is 1.98. The van der Waals surface area contributed by atoms with Gasteiger partial charge in [-0.05, 0) is 49.5 Å². The quantitative estimate of drug-likeness (QED) is 0.709. The second-order valence-electron chi connectivity index (χ2n) is 4.19. The van der Waals surface area contributed by atoms with Crippen molar-refractivity contribution in [3.63, 3.8) is 0 Å². The first-order chi connectivity index (χ1) is 8.63. The van der Waals surface area contributed by atoms with Gasteiger partial charge in [-0.25, -0.2) is 0 Å². The molecule has 1 N–H and O–H groups in total. The van der Waals surface area contributed by atoms with Crippen LogP contribution in [0.1, 0.15) is 11.5 Å². The Labute approximate surface area is 114 Å². The van der Waals surface area contributed by atoms with E-state index in [2.05, 4.69) is 4.98 Å². The maximum Gasteiger partial charge on any atom is 0.178 e. The van der Waals surface area contributed by atoms with Gasteiger partial charge < -0.3 is 14.0 Å². The van der Waals surface area contributed by atoms with Crippen LogP contribution in [0.4, 0.5) is 0 Å². The van der Waals surface area contributed by atoms with Gasteiger partial charge in [-0.3, -0.25) is 0 Å². The van der Waals surface area contributed by atoms with Gasteiger partial charge >= 0.3 is 0 Å². The van der Waals surface area contributed by atoms with Crippen molar-refractivity contribution in [3.8, 4) is 0 Å². The minimum absolute atomic E-state index is 0.619. The van der Waals surface area contributed by atoms with Crippen molar-refractivity contribution in [2.45, 2.75) is 13.5 Å². The fraction of sp³-hybridized carbons (Fsp3) is 0.154. The monoisotopic (exact) mass is 278 g/mol. The van der Waals surface area contributed by atoms with Crippen molar-refractivity contribution >= 4 is 34.9 Å². The molecule has 0 bridgehead atoms. The Hall–Kier alpha value is -1.52. The maximum atomic E-state index is 5.96. The van der Waals surface area contributed by atoms with Crippen LogP contribution in [-0.2, 0) is 6.54 Å². The lowest BCUT2D eigenvalue weighted by molar-refractivity contribution is 0.471. The normalized spacial score (nSPS) is 11.2. The molecule has 1 aromatic carbocycles. The first kappa shape index (κ1) is 11.6. The average Bonchev–Trinajstić information content (AvgIpc) is 2.84. The molecule has 0 aliphatic carbocycles. The molecule has 3 aromatic rings. The van der Waals surface area contributed by atoms with Gasteiger partial charge in [0, 0.05) is 5.02 Å². The second-order valence-corrected chi connectivity index (χ2v) is 5.01. The molecule has 0 radical (unpaired) electrons. The zero-order chi connectivity index (χ0) is 12.7. The van der Waals surface area contributed by atoms with E-state index >= 15 is 0 Å².